The second-order valence-electron chi connectivity index (χ2n) is 10.5. The average Bonchev–Trinajstić information content (AvgIpc) is 2.44. The van der Waals surface area contributed by atoms with Gasteiger partial charge in [-0.05, 0) is 73.0 Å². The van der Waals surface area contributed by atoms with Gasteiger partial charge in [0.1, 0.15) is 5.78 Å². The van der Waals surface area contributed by atoms with Gasteiger partial charge in [0, 0.05) is 12.8 Å². The first kappa shape index (κ1) is 16.6. The van der Waals surface area contributed by atoms with Crippen LogP contribution in [0.25, 0.3) is 0 Å². The van der Waals surface area contributed by atoms with Gasteiger partial charge >= 0.3 is 0 Å². The van der Waals surface area contributed by atoms with Crippen molar-refractivity contribution in [3.05, 3.63) is 23.3 Å². The lowest BCUT2D eigenvalue weighted by molar-refractivity contribution is -0.125. The molecule has 24 heavy (non-hydrogen) atoms. The van der Waals surface area contributed by atoms with Crippen molar-refractivity contribution in [1.29, 1.82) is 0 Å². The lowest BCUT2D eigenvalue weighted by Crippen LogP contribution is -2.52. The standard InChI is InChI=1S/C23H34O/c1-13-7-15(20-11-18(13)22(20,3)4)9-17(24)10-16-8-14(2)19-12-21(16)23(19,5)6/h7-8,15-16,18-21H,9-12H2,1-6H3. The largest absolute Gasteiger partial charge is 0.300 e. The van der Waals surface area contributed by atoms with E-state index in [1.165, 1.54) is 24.0 Å². The fraction of sp³-hybridized carbons (Fsp3) is 0.783. The SMILES string of the molecule is CC1=CC(CC(=O)CC2C=C(C)C3CC2C3(C)C)C2CC1C2(C)C. The molecule has 6 atom stereocenters. The van der Waals surface area contributed by atoms with E-state index in [4.69, 9.17) is 0 Å². The quantitative estimate of drug-likeness (QED) is 0.596. The van der Waals surface area contributed by atoms with E-state index in [0.29, 0.717) is 28.4 Å². The van der Waals surface area contributed by atoms with Crippen LogP contribution in [-0.2, 0) is 4.79 Å². The molecule has 6 unspecified atom stereocenters. The molecule has 2 fully saturated rings. The molecule has 0 aromatic carbocycles. The number of hydrogen-bond donors (Lipinski definition) is 0. The summed E-state index contributed by atoms with van der Waals surface area (Å²) in [6, 6.07) is 0. The lowest BCUT2D eigenvalue weighted by atomic mass is 9.45. The Morgan fingerprint density at radius 1 is 0.875 bits per heavy atom. The Balaban J connectivity index is 1.43. The predicted octanol–water partition coefficient (Wildman–Crippen LogP) is 5.81. The molecule has 0 heterocycles. The van der Waals surface area contributed by atoms with Crippen molar-refractivity contribution in [2.24, 2.45) is 46.3 Å². The summed E-state index contributed by atoms with van der Waals surface area (Å²) in [6.45, 7) is 14.2. The van der Waals surface area contributed by atoms with Gasteiger partial charge in [-0.15, -0.1) is 0 Å². The van der Waals surface area contributed by atoms with E-state index >= 15 is 0 Å². The second kappa shape index (κ2) is 5.08. The van der Waals surface area contributed by atoms with Gasteiger partial charge < -0.3 is 0 Å². The molecule has 6 rings (SSSR count). The van der Waals surface area contributed by atoms with Gasteiger partial charge in [0.25, 0.3) is 0 Å². The predicted molar refractivity (Wildman–Crippen MR) is 99.5 cm³/mol. The van der Waals surface area contributed by atoms with E-state index in [2.05, 4.69) is 53.7 Å². The van der Waals surface area contributed by atoms with Crippen LogP contribution in [0.4, 0.5) is 0 Å². The van der Waals surface area contributed by atoms with E-state index in [-0.39, 0.29) is 0 Å². The van der Waals surface area contributed by atoms with Crippen LogP contribution in [0.15, 0.2) is 23.3 Å². The molecule has 132 valence electrons. The van der Waals surface area contributed by atoms with Gasteiger partial charge in [-0.25, -0.2) is 0 Å². The highest BCUT2D eigenvalue weighted by Gasteiger charge is 2.55. The maximum atomic E-state index is 12.9. The Labute approximate surface area is 148 Å². The third kappa shape index (κ3) is 2.15. The summed E-state index contributed by atoms with van der Waals surface area (Å²) < 4.78 is 0. The number of rotatable bonds is 4. The van der Waals surface area contributed by atoms with E-state index in [1.54, 1.807) is 0 Å². The van der Waals surface area contributed by atoms with Crippen molar-refractivity contribution >= 4 is 5.78 Å². The summed E-state index contributed by atoms with van der Waals surface area (Å²) in [7, 11) is 0. The van der Waals surface area contributed by atoms with E-state index in [9.17, 15) is 4.79 Å². The summed E-state index contributed by atoms with van der Waals surface area (Å²) in [4.78, 5) is 12.9. The van der Waals surface area contributed by atoms with Gasteiger partial charge in [0.05, 0.1) is 0 Å². The highest BCUT2D eigenvalue weighted by atomic mass is 16.1. The first-order chi connectivity index (χ1) is 11.1. The molecule has 0 N–H and O–H groups in total. The van der Waals surface area contributed by atoms with Crippen molar-refractivity contribution in [3.8, 4) is 0 Å². The molecule has 1 nitrogen and oxygen atoms in total. The summed E-state index contributed by atoms with van der Waals surface area (Å²) >= 11 is 0. The highest BCUT2D eigenvalue weighted by molar-refractivity contribution is 5.79. The van der Waals surface area contributed by atoms with Crippen molar-refractivity contribution in [3.63, 3.8) is 0 Å². The van der Waals surface area contributed by atoms with Gasteiger partial charge in [0.15, 0.2) is 0 Å². The molecule has 0 aliphatic heterocycles. The minimum atomic E-state index is 0.411. The Hall–Kier alpha value is -0.850. The Kier molecular flexibility index (Phi) is 3.52. The van der Waals surface area contributed by atoms with E-state index < -0.39 is 0 Å². The van der Waals surface area contributed by atoms with Gasteiger partial charge in [-0.2, -0.15) is 0 Å². The minimum Gasteiger partial charge on any atom is -0.300 e. The molecular weight excluding hydrogens is 292 g/mol. The van der Waals surface area contributed by atoms with Crippen LogP contribution in [0, 0.1) is 46.3 Å². The van der Waals surface area contributed by atoms with Gasteiger partial charge in [-0.1, -0.05) is 51.0 Å². The van der Waals surface area contributed by atoms with E-state index in [1.807, 2.05) is 0 Å². The zero-order valence-electron chi connectivity index (χ0n) is 16.4. The molecular formula is C23H34O. The number of ketones is 1. The zero-order valence-corrected chi connectivity index (χ0v) is 16.4. The molecule has 0 radical (unpaired) electrons. The molecule has 2 saturated carbocycles. The number of carbonyl (C=O) groups is 1. The molecule has 1 heteroatoms. The second-order valence-corrected chi connectivity index (χ2v) is 10.5. The molecule has 6 aliphatic rings. The van der Waals surface area contributed by atoms with Crippen molar-refractivity contribution < 1.29 is 4.79 Å². The normalized spacial score (nSPS) is 43.9. The highest BCUT2D eigenvalue weighted by Crippen LogP contribution is 2.63. The number of fused-ring (bicyclic) bond motifs is 2. The molecule has 0 saturated heterocycles. The first-order valence-electron chi connectivity index (χ1n) is 10.0. The van der Waals surface area contributed by atoms with Crippen LogP contribution in [-0.4, -0.2) is 5.78 Å². The Morgan fingerprint density at radius 3 is 1.54 bits per heavy atom. The van der Waals surface area contributed by atoms with Gasteiger partial charge in [-0.3, -0.25) is 4.79 Å². The monoisotopic (exact) mass is 326 g/mol. The van der Waals surface area contributed by atoms with Crippen molar-refractivity contribution in [2.75, 3.05) is 0 Å². The first-order valence-corrected chi connectivity index (χ1v) is 10.0. The molecule has 4 bridgehead atoms. The van der Waals surface area contributed by atoms with Crippen molar-refractivity contribution in [2.45, 2.75) is 67.2 Å². The van der Waals surface area contributed by atoms with Crippen LogP contribution in [0.1, 0.15) is 67.2 Å². The van der Waals surface area contributed by atoms with Crippen LogP contribution in [0.2, 0.25) is 0 Å². The number of carbonyl (C=O) groups excluding carboxylic acids is 1. The minimum absolute atomic E-state index is 0.411. The molecule has 0 amide bonds. The fourth-order valence-electron chi connectivity index (χ4n) is 7.07. The van der Waals surface area contributed by atoms with Crippen LogP contribution in [0.3, 0.4) is 0 Å². The third-order valence-electron chi connectivity index (χ3n) is 8.70. The Morgan fingerprint density at radius 2 is 1.25 bits per heavy atom. The lowest BCUT2D eigenvalue weighted by Gasteiger charge is -2.60. The fourth-order valence-corrected chi connectivity index (χ4v) is 7.07. The summed E-state index contributed by atoms with van der Waals surface area (Å²) in [6.07, 6.45) is 9.05. The summed E-state index contributed by atoms with van der Waals surface area (Å²) in [5.41, 5.74) is 3.90. The molecule has 6 aliphatic carbocycles. The average molecular weight is 327 g/mol. The number of hydrogen-bond acceptors (Lipinski definition) is 1. The molecule has 0 aromatic rings. The summed E-state index contributed by atoms with van der Waals surface area (Å²) in [5, 5.41) is 0. The van der Waals surface area contributed by atoms with Crippen molar-refractivity contribution in [1.82, 2.24) is 0 Å². The van der Waals surface area contributed by atoms with Crippen LogP contribution < -0.4 is 0 Å². The maximum Gasteiger partial charge on any atom is 0.134 e. The summed E-state index contributed by atoms with van der Waals surface area (Å²) in [5.74, 6) is 4.48. The number of allylic oxidation sites excluding steroid dienone is 4. The van der Waals surface area contributed by atoms with E-state index in [0.717, 1.165) is 36.5 Å². The third-order valence-corrected chi connectivity index (χ3v) is 8.70. The molecule has 0 aromatic heterocycles. The Bertz CT molecular complexity index is 578. The zero-order chi connectivity index (χ0) is 17.4. The van der Waals surface area contributed by atoms with Crippen LogP contribution in [0.5, 0.6) is 0 Å². The van der Waals surface area contributed by atoms with Gasteiger partial charge in [0.2, 0.25) is 0 Å². The topological polar surface area (TPSA) is 17.1 Å². The maximum absolute atomic E-state index is 12.9. The molecule has 0 spiro atoms. The smallest absolute Gasteiger partial charge is 0.134 e. The number of Topliss-reactive ketones (excluding diaryl/α,β-unsaturated/α-hetero) is 1. The van der Waals surface area contributed by atoms with Crippen LogP contribution >= 0.6 is 0 Å².